The van der Waals surface area contributed by atoms with Crippen LogP contribution >= 0.6 is 0 Å². The van der Waals surface area contributed by atoms with Crippen LogP contribution in [0.4, 0.5) is 0 Å². The van der Waals surface area contributed by atoms with Crippen LogP contribution < -0.4 is 5.32 Å². The number of nitrogens with zero attached hydrogens (tertiary/aromatic N) is 2. The van der Waals surface area contributed by atoms with E-state index in [-0.39, 0.29) is 18.4 Å². The Morgan fingerprint density at radius 3 is 2.48 bits per heavy atom. The molecule has 124 valence electrons. The fraction of sp³-hybridized carbons (Fsp3) is 0.444. The maximum Gasteiger partial charge on any atom is 0.271 e. The van der Waals surface area contributed by atoms with Crippen molar-refractivity contribution in [2.45, 2.75) is 40.2 Å². The van der Waals surface area contributed by atoms with Crippen molar-refractivity contribution in [3.05, 3.63) is 47.3 Å². The van der Waals surface area contributed by atoms with E-state index in [4.69, 9.17) is 0 Å². The lowest BCUT2D eigenvalue weighted by atomic mass is 9.92. The van der Waals surface area contributed by atoms with Crippen molar-refractivity contribution in [2.24, 2.45) is 5.92 Å². The van der Waals surface area contributed by atoms with Crippen LogP contribution in [0, 0.1) is 19.8 Å². The SMILES string of the molecule is Cc1ccc(-n2nc(C(=O)NCC(C)(O)C(C)C)cc2C)cc1. The Morgan fingerprint density at radius 2 is 1.91 bits per heavy atom. The summed E-state index contributed by atoms with van der Waals surface area (Å²) >= 11 is 0. The molecule has 2 aromatic rings. The third-order valence-electron chi connectivity index (χ3n) is 4.25. The summed E-state index contributed by atoms with van der Waals surface area (Å²) in [7, 11) is 0. The molecule has 5 heteroatoms. The molecule has 0 aliphatic heterocycles. The second kappa shape index (κ2) is 6.54. The zero-order valence-corrected chi connectivity index (χ0v) is 14.4. The van der Waals surface area contributed by atoms with E-state index in [1.807, 2.05) is 52.0 Å². The van der Waals surface area contributed by atoms with E-state index >= 15 is 0 Å². The summed E-state index contributed by atoms with van der Waals surface area (Å²) in [5, 5.41) is 17.3. The Balaban J connectivity index is 2.14. The van der Waals surface area contributed by atoms with Crippen LogP contribution in [0.1, 0.15) is 42.5 Å². The number of aryl methyl sites for hydroxylation is 2. The third-order valence-corrected chi connectivity index (χ3v) is 4.25. The Bertz CT molecular complexity index is 685. The van der Waals surface area contributed by atoms with Crippen molar-refractivity contribution in [1.82, 2.24) is 15.1 Å². The van der Waals surface area contributed by atoms with Crippen LogP contribution in [0.25, 0.3) is 5.69 Å². The van der Waals surface area contributed by atoms with Crippen LogP contribution in [0.15, 0.2) is 30.3 Å². The topological polar surface area (TPSA) is 67.2 Å². The highest BCUT2D eigenvalue weighted by Gasteiger charge is 2.26. The fourth-order valence-corrected chi connectivity index (χ4v) is 2.09. The summed E-state index contributed by atoms with van der Waals surface area (Å²) in [6.45, 7) is 9.69. The van der Waals surface area contributed by atoms with Crippen LogP contribution in [0.2, 0.25) is 0 Å². The summed E-state index contributed by atoms with van der Waals surface area (Å²) < 4.78 is 1.74. The van der Waals surface area contributed by atoms with Gasteiger partial charge in [0.2, 0.25) is 0 Å². The van der Waals surface area contributed by atoms with Gasteiger partial charge < -0.3 is 10.4 Å². The first-order valence-electron chi connectivity index (χ1n) is 7.85. The smallest absolute Gasteiger partial charge is 0.271 e. The van der Waals surface area contributed by atoms with E-state index < -0.39 is 5.60 Å². The molecule has 0 aliphatic rings. The molecule has 2 N–H and O–H groups in total. The lowest BCUT2D eigenvalue weighted by molar-refractivity contribution is 0.0142. The number of carbonyl (C=O) groups excluding carboxylic acids is 1. The second-order valence-corrected chi connectivity index (χ2v) is 6.61. The van der Waals surface area contributed by atoms with E-state index in [2.05, 4.69) is 10.4 Å². The van der Waals surface area contributed by atoms with Crippen LogP contribution in [0.5, 0.6) is 0 Å². The van der Waals surface area contributed by atoms with Gasteiger partial charge in [-0.2, -0.15) is 5.10 Å². The van der Waals surface area contributed by atoms with Gasteiger partial charge in [-0.15, -0.1) is 0 Å². The molecule has 0 aliphatic carbocycles. The monoisotopic (exact) mass is 315 g/mol. The van der Waals surface area contributed by atoms with Crippen LogP contribution in [0.3, 0.4) is 0 Å². The van der Waals surface area contributed by atoms with E-state index in [0.29, 0.717) is 5.69 Å². The Kier molecular flexibility index (Phi) is 4.90. The highest BCUT2D eigenvalue weighted by Crippen LogP contribution is 2.16. The molecule has 1 aromatic heterocycles. The van der Waals surface area contributed by atoms with Crippen molar-refractivity contribution in [3.63, 3.8) is 0 Å². The summed E-state index contributed by atoms with van der Waals surface area (Å²) in [5.41, 5.74) is 2.38. The first-order chi connectivity index (χ1) is 10.7. The van der Waals surface area contributed by atoms with Gasteiger partial charge >= 0.3 is 0 Å². The van der Waals surface area contributed by atoms with Crippen molar-refractivity contribution in [1.29, 1.82) is 0 Å². The molecule has 1 unspecified atom stereocenters. The predicted molar refractivity (Wildman–Crippen MR) is 90.8 cm³/mol. The average Bonchev–Trinajstić information content (AvgIpc) is 2.87. The number of benzene rings is 1. The molecular formula is C18H25N3O2. The first-order valence-corrected chi connectivity index (χ1v) is 7.85. The standard InChI is InChI=1S/C18H25N3O2/c1-12(2)18(5,23)11-19-17(22)16-10-14(4)21(20-16)15-8-6-13(3)7-9-15/h6-10,12,23H,11H2,1-5H3,(H,19,22). The predicted octanol–water partition coefficient (Wildman–Crippen LogP) is 2.63. The Hall–Kier alpha value is -2.14. The molecule has 2 rings (SSSR count). The molecule has 5 nitrogen and oxygen atoms in total. The second-order valence-electron chi connectivity index (χ2n) is 6.61. The minimum atomic E-state index is -0.940. The molecule has 1 aromatic carbocycles. The normalized spacial score (nSPS) is 13.9. The number of aromatic nitrogens is 2. The number of aliphatic hydroxyl groups is 1. The lowest BCUT2D eigenvalue weighted by Gasteiger charge is -2.27. The van der Waals surface area contributed by atoms with Gasteiger partial charge in [-0.25, -0.2) is 4.68 Å². The number of carbonyl (C=O) groups is 1. The zero-order chi connectivity index (χ0) is 17.2. The van der Waals surface area contributed by atoms with Gasteiger partial charge in [0, 0.05) is 12.2 Å². The fourth-order valence-electron chi connectivity index (χ4n) is 2.09. The van der Waals surface area contributed by atoms with Gasteiger partial charge in [0.25, 0.3) is 5.91 Å². The summed E-state index contributed by atoms with van der Waals surface area (Å²) in [6.07, 6.45) is 0. The van der Waals surface area contributed by atoms with Crippen molar-refractivity contribution < 1.29 is 9.90 Å². The molecular weight excluding hydrogens is 290 g/mol. The number of hydrogen-bond acceptors (Lipinski definition) is 3. The molecule has 0 radical (unpaired) electrons. The van der Waals surface area contributed by atoms with E-state index in [9.17, 15) is 9.90 Å². The molecule has 1 heterocycles. The average molecular weight is 315 g/mol. The van der Waals surface area contributed by atoms with Gasteiger partial charge in [-0.3, -0.25) is 4.79 Å². The first kappa shape index (κ1) is 17.2. The van der Waals surface area contributed by atoms with E-state index in [1.54, 1.807) is 17.7 Å². The highest BCUT2D eigenvalue weighted by atomic mass is 16.3. The summed E-state index contributed by atoms with van der Waals surface area (Å²) in [5.74, 6) is -0.227. The van der Waals surface area contributed by atoms with Gasteiger partial charge in [-0.1, -0.05) is 31.5 Å². The molecule has 0 saturated carbocycles. The van der Waals surface area contributed by atoms with Crippen LogP contribution in [-0.2, 0) is 0 Å². The molecule has 23 heavy (non-hydrogen) atoms. The number of amides is 1. The van der Waals surface area contributed by atoms with Crippen molar-refractivity contribution in [2.75, 3.05) is 6.54 Å². The van der Waals surface area contributed by atoms with Gasteiger partial charge in [0.1, 0.15) is 0 Å². The zero-order valence-electron chi connectivity index (χ0n) is 14.4. The van der Waals surface area contributed by atoms with Crippen molar-refractivity contribution in [3.8, 4) is 5.69 Å². The van der Waals surface area contributed by atoms with Gasteiger partial charge in [0.05, 0.1) is 11.3 Å². The number of hydrogen-bond donors (Lipinski definition) is 2. The summed E-state index contributed by atoms with van der Waals surface area (Å²) in [4.78, 5) is 12.3. The maximum absolute atomic E-state index is 12.3. The number of nitrogens with one attached hydrogen (secondary N) is 1. The Labute approximate surface area is 137 Å². The maximum atomic E-state index is 12.3. The molecule has 1 atom stereocenters. The van der Waals surface area contributed by atoms with Crippen LogP contribution in [-0.4, -0.2) is 32.9 Å². The van der Waals surface area contributed by atoms with Crippen molar-refractivity contribution >= 4 is 5.91 Å². The minimum Gasteiger partial charge on any atom is -0.388 e. The van der Waals surface area contributed by atoms with Gasteiger partial charge in [0.15, 0.2) is 5.69 Å². The largest absolute Gasteiger partial charge is 0.388 e. The van der Waals surface area contributed by atoms with E-state index in [1.165, 1.54) is 5.56 Å². The molecule has 0 spiro atoms. The van der Waals surface area contributed by atoms with E-state index in [0.717, 1.165) is 11.4 Å². The molecule has 0 saturated heterocycles. The quantitative estimate of drug-likeness (QED) is 0.891. The van der Waals surface area contributed by atoms with Gasteiger partial charge in [-0.05, 0) is 44.9 Å². The number of rotatable bonds is 5. The third kappa shape index (κ3) is 3.99. The minimum absolute atomic E-state index is 0.0506. The molecule has 1 amide bonds. The summed E-state index contributed by atoms with van der Waals surface area (Å²) in [6, 6.07) is 9.71. The highest BCUT2D eigenvalue weighted by molar-refractivity contribution is 5.92. The molecule has 0 bridgehead atoms. The Morgan fingerprint density at radius 1 is 1.30 bits per heavy atom. The lowest BCUT2D eigenvalue weighted by Crippen LogP contribution is -2.44. The molecule has 0 fully saturated rings.